The summed E-state index contributed by atoms with van der Waals surface area (Å²) in [6.07, 6.45) is 1.59. The van der Waals surface area contributed by atoms with Crippen LogP contribution in [0.1, 0.15) is 40.9 Å². The van der Waals surface area contributed by atoms with Gasteiger partial charge in [-0.25, -0.2) is 9.48 Å². The number of carboxylic acids is 1. The SMILES string of the molecule is CCC1Cc2ccc(N)cc2-c2c1c(C(=O)O)nn2-c1ccc2c(c1)OCO2. The van der Waals surface area contributed by atoms with Gasteiger partial charge in [-0.15, -0.1) is 0 Å². The zero-order valence-electron chi connectivity index (χ0n) is 15.3. The number of nitrogens with zero attached hydrogens (tertiary/aromatic N) is 2. The summed E-state index contributed by atoms with van der Waals surface area (Å²) >= 11 is 0. The molecule has 0 radical (unpaired) electrons. The van der Waals surface area contributed by atoms with E-state index >= 15 is 0 Å². The minimum Gasteiger partial charge on any atom is -0.476 e. The summed E-state index contributed by atoms with van der Waals surface area (Å²) in [5.41, 5.74) is 11.1. The fourth-order valence-corrected chi connectivity index (χ4v) is 4.15. The van der Waals surface area contributed by atoms with Crippen molar-refractivity contribution in [2.45, 2.75) is 25.7 Å². The first kappa shape index (κ1) is 16.7. The first-order valence-electron chi connectivity index (χ1n) is 9.21. The molecule has 142 valence electrons. The molecule has 1 atom stereocenters. The lowest BCUT2D eigenvalue weighted by molar-refractivity contribution is 0.0688. The third-order valence-electron chi connectivity index (χ3n) is 5.48. The number of aromatic carboxylic acids is 1. The van der Waals surface area contributed by atoms with Gasteiger partial charge in [-0.3, -0.25) is 0 Å². The van der Waals surface area contributed by atoms with Crippen LogP contribution in [0, 0.1) is 0 Å². The maximum Gasteiger partial charge on any atom is 0.356 e. The lowest BCUT2D eigenvalue weighted by Crippen LogP contribution is -2.14. The van der Waals surface area contributed by atoms with Gasteiger partial charge in [0.25, 0.3) is 0 Å². The van der Waals surface area contributed by atoms with E-state index in [1.807, 2.05) is 36.4 Å². The van der Waals surface area contributed by atoms with Crippen molar-refractivity contribution in [2.75, 3.05) is 12.5 Å². The number of rotatable bonds is 3. The quantitative estimate of drug-likeness (QED) is 0.677. The zero-order valence-corrected chi connectivity index (χ0v) is 15.3. The van der Waals surface area contributed by atoms with Crippen LogP contribution in [0.2, 0.25) is 0 Å². The Morgan fingerprint density at radius 3 is 2.86 bits per heavy atom. The van der Waals surface area contributed by atoms with Crippen LogP contribution in [0.25, 0.3) is 16.9 Å². The normalized spacial score (nSPS) is 16.5. The van der Waals surface area contributed by atoms with Crippen LogP contribution >= 0.6 is 0 Å². The number of carboxylic acid groups (broad SMARTS) is 1. The standard InChI is InChI=1S/C21H19N3O4/c1-2-11-7-12-3-4-13(22)8-15(12)20-18(11)19(21(25)26)23-24(20)14-5-6-16-17(9-14)28-10-27-16/h3-6,8-9,11H,2,7,10,22H2,1H3,(H,25,26). The van der Waals surface area contributed by atoms with Gasteiger partial charge >= 0.3 is 5.97 Å². The average molecular weight is 377 g/mol. The van der Waals surface area contributed by atoms with Gasteiger partial charge < -0.3 is 20.3 Å². The van der Waals surface area contributed by atoms with Gasteiger partial charge in [-0.05, 0) is 48.6 Å². The summed E-state index contributed by atoms with van der Waals surface area (Å²) in [7, 11) is 0. The summed E-state index contributed by atoms with van der Waals surface area (Å²) in [5.74, 6) is 0.343. The molecule has 5 rings (SSSR count). The van der Waals surface area contributed by atoms with E-state index in [4.69, 9.17) is 15.2 Å². The Kier molecular flexibility index (Phi) is 3.58. The summed E-state index contributed by atoms with van der Waals surface area (Å²) in [5, 5.41) is 14.3. The molecule has 2 aliphatic rings. The fourth-order valence-electron chi connectivity index (χ4n) is 4.15. The molecular weight excluding hydrogens is 358 g/mol. The van der Waals surface area contributed by atoms with Crippen molar-refractivity contribution in [1.29, 1.82) is 0 Å². The highest BCUT2D eigenvalue weighted by molar-refractivity contribution is 5.92. The summed E-state index contributed by atoms with van der Waals surface area (Å²) < 4.78 is 12.6. The van der Waals surface area contributed by atoms with Crippen LogP contribution in [-0.4, -0.2) is 27.6 Å². The van der Waals surface area contributed by atoms with E-state index < -0.39 is 5.97 Å². The average Bonchev–Trinajstić information content (AvgIpc) is 3.31. The van der Waals surface area contributed by atoms with Crippen LogP contribution in [0.4, 0.5) is 5.69 Å². The molecule has 0 saturated heterocycles. The molecule has 7 heteroatoms. The van der Waals surface area contributed by atoms with Crippen molar-refractivity contribution in [2.24, 2.45) is 0 Å². The Bertz CT molecular complexity index is 1120. The molecule has 7 nitrogen and oxygen atoms in total. The van der Waals surface area contributed by atoms with E-state index in [0.717, 1.165) is 40.9 Å². The van der Waals surface area contributed by atoms with E-state index in [-0.39, 0.29) is 18.4 Å². The fraction of sp³-hybridized carbons (Fsp3) is 0.238. The van der Waals surface area contributed by atoms with Crippen LogP contribution < -0.4 is 15.2 Å². The maximum absolute atomic E-state index is 12.0. The molecule has 0 spiro atoms. The summed E-state index contributed by atoms with van der Waals surface area (Å²) in [4.78, 5) is 12.0. The second-order valence-electron chi connectivity index (χ2n) is 7.09. The Balaban J connectivity index is 1.81. The third-order valence-corrected chi connectivity index (χ3v) is 5.48. The third kappa shape index (κ3) is 2.36. The number of fused-ring (bicyclic) bond motifs is 4. The van der Waals surface area contributed by atoms with Crippen molar-refractivity contribution in [3.8, 4) is 28.4 Å². The number of carbonyl (C=O) groups is 1. The minimum atomic E-state index is -1.03. The van der Waals surface area contributed by atoms with Crippen molar-refractivity contribution < 1.29 is 19.4 Å². The van der Waals surface area contributed by atoms with Gasteiger partial charge in [0.2, 0.25) is 6.79 Å². The number of ether oxygens (including phenoxy) is 2. The Morgan fingerprint density at radius 1 is 1.25 bits per heavy atom. The highest BCUT2D eigenvalue weighted by Crippen LogP contribution is 2.45. The smallest absolute Gasteiger partial charge is 0.356 e. The van der Waals surface area contributed by atoms with Crippen LogP contribution in [0.3, 0.4) is 0 Å². The van der Waals surface area contributed by atoms with Crippen molar-refractivity contribution >= 4 is 11.7 Å². The molecule has 0 saturated carbocycles. The first-order valence-corrected chi connectivity index (χ1v) is 9.21. The van der Waals surface area contributed by atoms with Crippen molar-refractivity contribution in [3.63, 3.8) is 0 Å². The highest BCUT2D eigenvalue weighted by Gasteiger charge is 2.34. The van der Waals surface area contributed by atoms with E-state index in [1.165, 1.54) is 0 Å². The van der Waals surface area contributed by atoms with Gasteiger partial charge in [0.05, 0.1) is 11.4 Å². The number of nitrogen functional groups attached to an aromatic ring is 1. The maximum atomic E-state index is 12.0. The Morgan fingerprint density at radius 2 is 2.07 bits per heavy atom. The number of benzene rings is 2. The minimum absolute atomic E-state index is 0.0833. The summed E-state index contributed by atoms with van der Waals surface area (Å²) in [6, 6.07) is 11.3. The van der Waals surface area contributed by atoms with E-state index in [1.54, 1.807) is 4.68 Å². The number of anilines is 1. The second kappa shape index (κ2) is 6.02. The number of hydrogen-bond donors (Lipinski definition) is 2. The zero-order chi connectivity index (χ0) is 19.4. The lowest BCUT2D eigenvalue weighted by Gasteiger charge is -2.25. The largest absolute Gasteiger partial charge is 0.476 e. The highest BCUT2D eigenvalue weighted by atomic mass is 16.7. The Hall–Kier alpha value is -3.48. The van der Waals surface area contributed by atoms with E-state index in [0.29, 0.717) is 17.2 Å². The molecule has 0 fully saturated rings. The van der Waals surface area contributed by atoms with Gasteiger partial charge in [0.15, 0.2) is 17.2 Å². The molecule has 1 aliphatic carbocycles. The molecule has 0 amide bonds. The molecular formula is C21H19N3O4. The molecule has 28 heavy (non-hydrogen) atoms. The molecule has 1 aromatic heterocycles. The number of nitrogens with two attached hydrogens (primary N) is 1. The molecule has 3 aromatic rings. The van der Waals surface area contributed by atoms with Crippen LogP contribution in [0.5, 0.6) is 11.5 Å². The molecule has 2 heterocycles. The molecule has 3 N–H and O–H groups in total. The number of aromatic nitrogens is 2. The number of hydrogen-bond acceptors (Lipinski definition) is 5. The molecule has 1 aliphatic heterocycles. The van der Waals surface area contributed by atoms with Gasteiger partial charge in [-0.2, -0.15) is 5.10 Å². The lowest BCUT2D eigenvalue weighted by atomic mass is 9.79. The second-order valence-corrected chi connectivity index (χ2v) is 7.09. The van der Waals surface area contributed by atoms with Crippen molar-refractivity contribution in [3.05, 3.63) is 53.2 Å². The van der Waals surface area contributed by atoms with Gasteiger partial charge in [0.1, 0.15) is 0 Å². The van der Waals surface area contributed by atoms with Gasteiger partial charge in [0, 0.05) is 22.9 Å². The monoisotopic (exact) mass is 377 g/mol. The topological polar surface area (TPSA) is 99.6 Å². The predicted octanol–water partition coefficient (Wildman–Crippen LogP) is 3.60. The van der Waals surface area contributed by atoms with E-state index in [2.05, 4.69) is 12.0 Å². The van der Waals surface area contributed by atoms with Crippen molar-refractivity contribution in [1.82, 2.24) is 9.78 Å². The van der Waals surface area contributed by atoms with Crippen LogP contribution in [0.15, 0.2) is 36.4 Å². The predicted molar refractivity (Wildman–Crippen MR) is 103 cm³/mol. The first-order chi connectivity index (χ1) is 13.6. The van der Waals surface area contributed by atoms with Gasteiger partial charge in [-0.1, -0.05) is 13.0 Å². The van der Waals surface area contributed by atoms with E-state index in [9.17, 15) is 9.90 Å². The molecule has 2 aromatic carbocycles. The summed E-state index contributed by atoms with van der Waals surface area (Å²) in [6.45, 7) is 2.24. The molecule has 0 bridgehead atoms. The Labute approximate surface area is 161 Å². The molecule has 1 unspecified atom stereocenters. The van der Waals surface area contributed by atoms with Crippen LogP contribution in [-0.2, 0) is 6.42 Å².